The van der Waals surface area contributed by atoms with E-state index in [2.05, 4.69) is 26.1 Å². The minimum absolute atomic E-state index is 0.00480. The van der Waals surface area contributed by atoms with Crippen molar-refractivity contribution in [3.05, 3.63) is 61.7 Å². The molecular formula is C36H44F3N3O6Si. The summed E-state index contributed by atoms with van der Waals surface area (Å²) in [5.74, 6) is -2.13. The van der Waals surface area contributed by atoms with Crippen LogP contribution in [0.25, 0.3) is 22.3 Å². The van der Waals surface area contributed by atoms with Gasteiger partial charge >= 0.3 is 5.97 Å². The van der Waals surface area contributed by atoms with Crippen molar-refractivity contribution < 1.29 is 37.0 Å². The molecule has 1 aliphatic carbocycles. The Kier molecular flexibility index (Phi) is 8.47. The van der Waals surface area contributed by atoms with Crippen molar-refractivity contribution in [2.24, 2.45) is 5.41 Å². The Labute approximate surface area is 284 Å². The number of pyridine rings is 2. The summed E-state index contributed by atoms with van der Waals surface area (Å²) in [6, 6.07) is 2.14. The molecule has 264 valence electrons. The number of hydrogen-bond donors (Lipinski definition) is 2. The molecule has 2 N–H and O–H groups in total. The second-order valence-electron chi connectivity index (χ2n) is 15.5. The van der Waals surface area contributed by atoms with E-state index in [-0.39, 0.29) is 48.8 Å². The van der Waals surface area contributed by atoms with E-state index in [0.717, 1.165) is 0 Å². The number of ether oxygens (including phenoxy) is 1. The van der Waals surface area contributed by atoms with Crippen molar-refractivity contribution in [1.29, 1.82) is 0 Å². The molecule has 1 aromatic carbocycles. The number of esters is 1. The molecule has 13 heteroatoms. The van der Waals surface area contributed by atoms with Crippen molar-refractivity contribution in [1.82, 2.24) is 14.9 Å². The monoisotopic (exact) mass is 699 g/mol. The zero-order valence-electron chi connectivity index (χ0n) is 29.3. The molecule has 1 unspecified atom stereocenters. The summed E-state index contributed by atoms with van der Waals surface area (Å²) in [7, 11) is -2.26. The molecule has 0 saturated heterocycles. The van der Waals surface area contributed by atoms with Crippen LogP contribution in [-0.2, 0) is 43.9 Å². The minimum Gasteiger partial charge on any atom is -0.458 e. The number of nitrogens with zero attached hydrogens (tertiary/aromatic N) is 2. The molecule has 9 nitrogen and oxygen atoms in total. The van der Waals surface area contributed by atoms with Crippen LogP contribution >= 0.6 is 0 Å². The summed E-state index contributed by atoms with van der Waals surface area (Å²) >= 11 is 0. The van der Waals surface area contributed by atoms with Crippen molar-refractivity contribution >= 4 is 31.1 Å². The molecule has 0 fully saturated rings. The van der Waals surface area contributed by atoms with Gasteiger partial charge in [-0.15, -0.1) is 0 Å². The lowest BCUT2D eigenvalue weighted by Gasteiger charge is -2.38. The zero-order chi connectivity index (χ0) is 36.0. The first-order valence-corrected chi connectivity index (χ1v) is 19.7. The van der Waals surface area contributed by atoms with Gasteiger partial charge in [-0.2, -0.15) is 0 Å². The van der Waals surface area contributed by atoms with Crippen LogP contribution in [0.2, 0.25) is 18.1 Å². The van der Waals surface area contributed by atoms with E-state index in [9.17, 15) is 28.3 Å². The molecule has 6 rings (SSSR count). The lowest BCUT2D eigenvalue weighted by atomic mass is 9.80. The number of nitrogens with one attached hydrogen (secondary N) is 1. The quantitative estimate of drug-likeness (QED) is 0.163. The third-order valence-corrected chi connectivity index (χ3v) is 16.1. The summed E-state index contributed by atoms with van der Waals surface area (Å²) in [6.45, 7) is 14.5. The maximum atomic E-state index is 15.3. The van der Waals surface area contributed by atoms with E-state index in [4.69, 9.17) is 14.1 Å². The molecule has 0 saturated carbocycles. The first-order valence-electron chi connectivity index (χ1n) is 16.8. The van der Waals surface area contributed by atoms with Crippen molar-refractivity contribution in [2.75, 3.05) is 6.61 Å². The number of aryl methyl sites for hydroxylation is 1. The molecule has 1 amide bonds. The normalized spacial score (nSPS) is 21.2. The van der Waals surface area contributed by atoms with Gasteiger partial charge in [0.25, 0.3) is 12.0 Å². The first-order chi connectivity index (χ1) is 22.8. The van der Waals surface area contributed by atoms with Gasteiger partial charge in [0.05, 0.1) is 35.1 Å². The fraction of sp³-hybridized carbons (Fsp3) is 0.556. The lowest BCUT2D eigenvalue weighted by molar-refractivity contribution is -0.172. The van der Waals surface area contributed by atoms with Crippen LogP contribution in [0.5, 0.6) is 0 Å². The average Bonchev–Trinajstić information content (AvgIpc) is 3.40. The number of carbonyl (C=O) groups is 2. The van der Waals surface area contributed by atoms with Gasteiger partial charge in [0, 0.05) is 29.2 Å². The molecule has 3 aromatic rings. The van der Waals surface area contributed by atoms with E-state index < -0.39 is 55.1 Å². The van der Waals surface area contributed by atoms with Crippen molar-refractivity contribution in [3.63, 3.8) is 0 Å². The van der Waals surface area contributed by atoms with E-state index in [1.807, 2.05) is 13.1 Å². The average molecular weight is 700 g/mol. The van der Waals surface area contributed by atoms with E-state index in [1.165, 1.54) is 17.6 Å². The number of amides is 1. The highest BCUT2D eigenvalue weighted by atomic mass is 28.4. The predicted molar refractivity (Wildman–Crippen MR) is 180 cm³/mol. The molecule has 49 heavy (non-hydrogen) atoms. The molecule has 4 heterocycles. The van der Waals surface area contributed by atoms with Gasteiger partial charge in [-0.1, -0.05) is 27.7 Å². The predicted octanol–water partition coefficient (Wildman–Crippen LogP) is 6.31. The fourth-order valence-electron chi connectivity index (χ4n) is 7.08. The summed E-state index contributed by atoms with van der Waals surface area (Å²) < 4.78 is 57.6. The Morgan fingerprint density at radius 2 is 1.90 bits per heavy atom. The number of cyclic esters (lactones) is 1. The van der Waals surface area contributed by atoms with E-state index in [0.29, 0.717) is 57.4 Å². The van der Waals surface area contributed by atoms with Crippen LogP contribution in [0.4, 0.5) is 13.2 Å². The fourth-order valence-corrected chi connectivity index (χ4v) is 8.12. The number of carbonyl (C=O) groups excluding carboxylic acids is 2. The maximum Gasteiger partial charge on any atom is 0.343 e. The minimum atomic E-state index is -2.97. The van der Waals surface area contributed by atoms with Crippen LogP contribution in [-0.4, -0.2) is 47.9 Å². The van der Waals surface area contributed by atoms with Crippen LogP contribution in [0.1, 0.15) is 93.3 Å². The molecule has 2 aromatic heterocycles. The highest BCUT2D eigenvalue weighted by Gasteiger charge is 2.47. The summed E-state index contributed by atoms with van der Waals surface area (Å²) in [5, 5.41) is 14.7. The summed E-state index contributed by atoms with van der Waals surface area (Å²) in [4.78, 5) is 45.3. The maximum absolute atomic E-state index is 15.3. The number of aliphatic hydroxyl groups is 1. The number of aromatic nitrogens is 2. The third kappa shape index (κ3) is 5.34. The van der Waals surface area contributed by atoms with Crippen LogP contribution in [0.15, 0.2) is 16.9 Å². The highest BCUT2D eigenvalue weighted by Crippen LogP contribution is 2.47. The number of fused-ring (bicyclic) bond motifs is 5. The highest BCUT2D eigenvalue weighted by molar-refractivity contribution is 6.74. The van der Waals surface area contributed by atoms with Crippen LogP contribution < -0.4 is 10.9 Å². The Hall–Kier alpha value is -3.55. The number of halogens is 3. The largest absolute Gasteiger partial charge is 0.458 e. The van der Waals surface area contributed by atoms with Crippen LogP contribution in [0, 0.1) is 18.2 Å². The van der Waals surface area contributed by atoms with Gasteiger partial charge in [0.15, 0.2) is 13.9 Å². The van der Waals surface area contributed by atoms with Gasteiger partial charge in [-0.3, -0.25) is 9.59 Å². The zero-order valence-corrected chi connectivity index (χ0v) is 30.3. The number of benzene rings is 1. The van der Waals surface area contributed by atoms with E-state index >= 15 is 4.39 Å². The van der Waals surface area contributed by atoms with Crippen molar-refractivity contribution in [3.8, 4) is 11.4 Å². The van der Waals surface area contributed by atoms with Crippen LogP contribution in [0.3, 0.4) is 0 Å². The van der Waals surface area contributed by atoms with Gasteiger partial charge in [-0.05, 0) is 80.4 Å². The van der Waals surface area contributed by atoms with Gasteiger partial charge in [-0.25, -0.2) is 22.9 Å². The molecule has 0 radical (unpaired) electrons. The first kappa shape index (κ1) is 35.3. The second kappa shape index (κ2) is 11.8. The van der Waals surface area contributed by atoms with Gasteiger partial charge in [0.1, 0.15) is 17.8 Å². The van der Waals surface area contributed by atoms with E-state index in [1.54, 1.807) is 19.9 Å². The smallest absolute Gasteiger partial charge is 0.343 e. The second-order valence-corrected chi connectivity index (χ2v) is 20.3. The molecule has 3 aliphatic rings. The Balaban J connectivity index is 1.45. The molecular weight excluding hydrogens is 655 g/mol. The standard InChI is InChI=1S/C36H44F3N3O6Si/c1-9-36(46)22-14-26-29-20(16-42(26)30(43)21(22)17-47-33(36)45)28-24(11-10-19-18(2)23(37)15-25(40-29)27(19)28)41-32(44)35(6,31(38)39)12-13-48-49(7,8)34(3,4)5/h14-15,24,31,46H,9-13,16-17H2,1-8H3,(H,41,44)/t24-,35?,36-/m0/s1. The van der Waals surface area contributed by atoms with Gasteiger partial charge < -0.3 is 24.2 Å². The topological polar surface area (TPSA) is 120 Å². The number of hydrogen-bond acceptors (Lipinski definition) is 7. The molecule has 2 aliphatic heterocycles. The lowest BCUT2D eigenvalue weighted by Crippen LogP contribution is -2.48. The number of alkyl halides is 2. The molecule has 3 atom stereocenters. The molecule has 0 spiro atoms. The summed E-state index contributed by atoms with van der Waals surface area (Å²) in [6.07, 6.45) is -2.50. The Bertz CT molecular complexity index is 1970. The van der Waals surface area contributed by atoms with Gasteiger partial charge in [0.2, 0.25) is 5.91 Å². The van der Waals surface area contributed by atoms with Crippen molar-refractivity contribution in [2.45, 2.75) is 117 Å². The summed E-state index contributed by atoms with van der Waals surface area (Å²) in [5.41, 5.74) is -0.934. The Morgan fingerprint density at radius 1 is 1.20 bits per heavy atom. The Morgan fingerprint density at radius 3 is 2.53 bits per heavy atom. The third-order valence-electron chi connectivity index (χ3n) is 11.6. The number of rotatable bonds is 8. The molecule has 0 bridgehead atoms. The SMILES string of the molecule is CC[C@@]1(O)C(=O)OCc2c1cc1n(c2=O)Cc2c-1nc1cc(F)c(C)c3c1c2[C@@H](NC(=O)C(C)(CCO[Si](C)(C)C(C)(C)C)C(F)F)CC3.